The monoisotopic (exact) mass is 263 g/mol. The maximum Gasteiger partial charge on any atom is 0.119 e. The van der Waals surface area contributed by atoms with Crippen LogP contribution in [0.15, 0.2) is 24.3 Å². The fraction of sp³-hybridized carbons (Fsp3) is 0.625. The molecule has 3 nitrogen and oxygen atoms in total. The number of ether oxygens (including phenoxy) is 2. The number of nitrogens with one attached hydrogen (secondary N) is 1. The van der Waals surface area contributed by atoms with Gasteiger partial charge in [0.1, 0.15) is 5.75 Å². The summed E-state index contributed by atoms with van der Waals surface area (Å²) in [5.74, 6) is 0.932. The van der Waals surface area contributed by atoms with Crippen molar-refractivity contribution in [3.63, 3.8) is 0 Å². The number of methoxy groups -OCH3 is 1. The molecule has 3 heteroatoms. The first-order valence-electron chi connectivity index (χ1n) is 7.23. The topological polar surface area (TPSA) is 30.5 Å². The average molecular weight is 263 g/mol. The minimum atomic E-state index is 0.428. The average Bonchev–Trinajstić information content (AvgIpc) is 2.48. The maximum atomic E-state index is 5.83. The first-order valence-corrected chi connectivity index (χ1v) is 7.23. The van der Waals surface area contributed by atoms with Crippen molar-refractivity contribution in [1.82, 2.24) is 5.32 Å². The highest BCUT2D eigenvalue weighted by atomic mass is 16.5. The quantitative estimate of drug-likeness (QED) is 0.856. The molecule has 0 amide bonds. The highest BCUT2D eigenvalue weighted by Gasteiger charge is 2.18. The molecule has 1 saturated heterocycles. The SMILES string of the molecule is CNC(Cc1cccc(OC)c1)CC1CCCCO1. The zero-order valence-corrected chi connectivity index (χ0v) is 12.0. The molecule has 0 saturated carbocycles. The second-order valence-corrected chi connectivity index (χ2v) is 5.27. The van der Waals surface area contributed by atoms with Crippen LogP contribution in [0, 0.1) is 0 Å². The van der Waals surface area contributed by atoms with Gasteiger partial charge in [0.25, 0.3) is 0 Å². The van der Waals surface area contributed by atoms with Gasteiger partial charge in [-0.05, 0) is 56.8 Å². The Morgan fingerprint density at radius 2 is 2.32 bits per heavy atom. The molecule has 1 N–H and O–H groups in total. The predicted molar refractivity (Wildman–Crippen MR) is 77.8 cm³/mol. The van der Waals surface area contributed by atoms with Crippen LogP contribution in [0.25, 0.3) is 0 Å². The highest BCUT2D eigenvalue weighted by molar-refractivity contribution is 5.28. The van der Waals surface area contributed by atoms with Crippen molar-refractivity contribution in [2.24, 2.45) is 0 Å². The molecule has 0 aromatic heterocycles. The van der Waals surface area contributed by atoms with Gasteiger partial charge in [-0.15, -0.1) is 0 Å². The van der Waals surface area contributed by atoms with Crippen LogP contribution in [0.4, 0.5) is 0 Å². The fourth-order valence-corrected chi connectivity index (χ4v) is 2.70. The molecule has 0 spiro atoms. The Balaban J connectivity index is 1.90. The lowest BCUT2D eigenvalue weighted by Crippen LogP contribution is -2.34. The molecule has 1 fully saturated rings. The van der Waals surface area contributed by atoms with E-state index in [9.17, 15) is 0 Å². The van der Waals surface area contributed by atoms with E-state index in [0.29, 0.717) is 12.1 Å². The van der Waals surface area contributed by atoms with Gasteiger partial charge < -0.3 is 14.8 Å². The van der Waals surface area contributed by atoms with Gasteiger partial charge >= 0.3 is 0 Å². The van der Waals surface area contributed by atoms with E-state index in [0.717, 1.165) is 25.2 Å². The predicted octanol–water partition coefficient (Wildman–Crippen LogP) is 2.78. The molecule has 1 aromatic rings. The molecular weight excluding hydrogens is 238 g/mol. The minimum Gasteiger partial charge on any atom is -0.497 e. The van der Waals surface area contributed by atoms with Crippen molar-refractivity contribution in [3.05, 3.63) is 29.8 Å². The van der Waals surface area contributed by atoms with Gasteiger partial charge in [-0.2, -0.15) is 0 Å². The van der Waals surface area contributed by atoms with Gasteiger partial charge in [-0.25, -0.2) is 0 Å². The van der Waals surface area contributed by atoms with E-state index in [2.05, 4.69) is 23.5 Å². The molecule has 19 heavy (non-hydrogen) atoms. The zero-order valence-electron chi connectivity index (χ0n) is 12.0. The summed E-state index contributed by atoms with van der Waals surface area (Å²) in [5, 5.41) is 3.41. The molecule has 1 aliphatic rings. The van der Waals surface area contributed by atoms with Gasteiger partial charge in [0, 0.05) is 12.6 Å². The highest BCUT2D eigenvalue weighted by Crippen LogP contribution is 2.20. The molecule has 1 aliphatic heterocycles. The van der Waals surface area contributed by atoms with Crippen LogP contribution in [0.1, 0.15) is 31.2 Å². The summed E-state index contributed by atoms with van der Waals surface area (Å²) in [6, 6.07) is 8.79. The number of hydrogen-bond donors (Lipinski definition) is 1. The van der Waals surface area contributed by atoms with Crippen molar-refractivity contribution in [2.45, 2.75) is 44.2 Å². The molecule has 1 aromatic carbocycles. The van der Waals surface area contributed by atoms with E-state index in [1.807, 2.05) is 13.1 Å². The van der Waals surface area contributed by atoms with Crippen molar-refractivity contribution in [2.75, 3.05) is 20.8 Å². The maximum absolute atomic E-state index is 5.83. The van der Waals surface area contributed by atoms with Gasteiger partial charge in [0.2, 0.25) is 0 Å². The van der Waals surface area contributed by atoms with Gasteiger partial charge in [0.05, 0.1) is 13.2 Å². The van der Waals surface area contributed by atoms with Gasteiger partial charge in [0.15, 0.2) is 0 Å². The molecular formula is C16H25NO2. The van der Waals surface area contributed by atoms with E-state index in [4.69, 9.17) is 9.47 Å². The van der Waals surface area contributed by atoms with Crippen LogP contribution in [0.2, 0.25) is 0 Å². The van der Waals surface area contributed by atoms with Crippen LogP contribution < -0.4 is 10.1 Å². The lowest BCUT2D eigenvalue weighted by Gasteiger charge is -2.27. The third kappa shape index (κ3) is 4.51. The molecule has 0 aliphatic carbocycles. The summed E-state index contributed by atoms with van der Waals surface area (Å²) in [7, 11) is 3.75. The normalized spacial score (nSPS) is 21.1. The van der Waals surface area contributed by atoms with E-state index < -0.39 is 0 Å². The third-order valence-corrected chi connectivity index (χ3v) is 3.85. The van der Waals surface area contributed by atoms with Gasteiger partial charge in [-0.1, -0.05) is 12.1 Å². The largest absolute Gasteiger partial charge is 0.497 e. The van der Waals surface area contributed by atoms with Crippen molar-refractivity contribution >= 4 is 0 Å². The Kier molecular flexibility index (Phi) is 5.67. The lowest BCUT2D eigenvalue weighted by molar-refractivity contribution is 0.00569. The fourth-order valence-electron chi connectivity index (χ4n) is 2.70. The van der Waals surface area contributed by atoms with E-state index >= 15 is 0 Å². The summed E-state index contributed by atoms with van der Waals surface area (Å²) in [6.45, 7) is 0.931. The third-order valence-electron chi connectivity index (χ3n) is 3.85. The summed E-state index contributed by atoms with van der Waals surface area (Å²) in [6.07, 6.45) is 6.27. The molecule has 2 rings (SSSR count). The second-order valence-electron chi connectivity index (χ2n) is 5.27. The number of rotatable bonds is 6. The Bertz CT molecular complexity index is 375. The molecule has 2 atom stereocenters. The Morgan fingerprint density at radius 3 is 3.00 bits per heavy atom. The van der Waals surface area contributed by atoms with Crippen LogP contribution >= 0.6 is 0 Å². The van der Waals surface area contributed by atoms with E-state index in [1.54, 1.807) is 7.11 Å². The smallest absolute Gasteiger partial charge is 0.119 e. The van der Waals surface area contributed by atoms with E-state index in [1.165, 1.54) is 24.8 Å². The molecule has 1 heterocycles. The van der Waals surface area contributed by atoms with Crippen molar-refractivity contribution in [1.29, 1.82) is 0 Å². The summed E-state index contributed by atoms with van der Waals surface area (Å²) >= 11 is 0. The van der Waals surface area contributed by atoms with Crippen LogP contribution in [0.3, 0.4) is 0 Å². The molecule has 2 unspecified atom stereocenters. The minimum absolute atomic E-state index is 0.428. The van der Waals surface area contributed by atoms with Crippen LogP contribution in [-0.4, -0.2) is 32.9 Å². The lowest BCUT2D eigenvalue weighted by atomic mass is 9.97. The Labute approximate surface area is 116 Å². The van der Waals surface area contributed by atoms with Crippen LogP contribution in [-0.2, 0) is 11.2 Å². The standard InChI is InChI=1S/C16H25NO2/c1-17-14(12-16-7-3-4-9-19-16)10-13-6-5-8-15(11-13)18-2/h5-6,8,11,14,16-17H,3-4,7,9-10,12H2,1-2H3. The first-order chi connectivity index (χ1) is 9.31. The van der Waals surface area contributed by atoms with Crippen molar-refractivity contribution < 1.29 is 9.47 Å². The number of hydrogen-bond acceptors (Lipinski definition) is 3. The Hall–Kier alpha value is -1.06. The van der Waals surface area contributed by atoms with Crippen molar-refractivity contribution in [3.8, 4) is 5.75 Å². The number of likely N-dealkylation sites (N-methyl/N-ethyl adjacent to an activating group) is 1. The number of benzene rings is 1. The second kappa shape index (κ2) is 7.51. The summed E-state index contributed by atoms with van der Waals surface area (Å²) < 4.78 is 11.1. The molecule has 0 radical (unpaired) electrons. The summed E-state index contributed by atoms with van der Waals surface area (Å²) in [4.78, 5) is 0. The van der Waals surface area contributed by atoms with Crippen LogP contribution in [0.5, 0.6) is 5.75 Å². The first kappa shape index (κ1) is 14.4. The van der Waals surface area contributed by atoms with Gasteiger partial charge in [-0.3, -0.25) is 0 Å². The molecule has 0 bridgehead atoms. The zero-order chi connectivity index (χ0) is 13.5. The van der Waals surface area contributed by atoms with E-state index in [-0.39, 0.29) is 0 Å². The molecule has 106 valence electrons. The Morgan fingerprint density at radius 1 is 1.42 bits per heavy atom. The summed E-state index contributed by atoms with van der Waals surface area (Å²) in [5.41, 5.74) is 1.31.